The topological polar surface area (TPSA) is 61.4 Å². The molecule has 5 heteroatoms. The van der Waals surface area contributed by atoms with E-state index in [-0.39, 0.29) is 11.8 Å². The number of nitrogens with zero attached hydrogens (tertiary/aromatic N) is 1. The summed E-state index contributed by atoms with van der Waals surface area (Å²) in [7, 11) is 0. The lowest BCUT2D eigenvalue weighted by atomic mass is 10.0. The minimum atomic E-state index is 0.0319. The van der Waals surface area contributed by atoms with E-state index in [1.807, 2.05) is 23.1 Å². The van der Waals surface area contributed by atoms with Crippen molar-refractivity contribution in [3.05, 3.63) is 29.8 Å². The van der Waals surface area contributed by atoms with Gasteiger partial charge in [0.15, 0.2) is 0 Å². The second kappa shape index (κ2) is 8.29. The molecule has 1 unspecified atom stereocenters. The molecule has 1 atom stereocenters. The van der Waals surface area contributed by atoms with Gasteiger partial charge in [0, 0.05) is 30.8 Å². The summed E-state index contributed by atoms with van der Waals surface area (Å²) in [4.78, 5) is 26.6. The first-order valence-corrected chi connectivity index (χ1v) is 9.12. The molecule has 2 saturated heterocycles. The Labute approximate surface area is 143 Å². The van der Waals surface area contributed by atoms with Crippen LogP contribution in [0.4, 0.5) is 5.69 Å². The molecule has 1 aromatic carbocycles. The maximum absolute atomic E-state index is 12.5. The molecule has 24 heavy (non-hydrogen) atoms. The average Bonchev–Trinajstić information content (AvgIpc) is 3.14. The second-order valence-electron chi connectivity index (χ2n) is 6.88. The molecule has 2 amide bonds. The van der Waals surface area contributed by atoms with Crippen molar-refractivity contribution < 1.29 is 9.59 Å². The van der Waals surface area contributed by atoms with Crippen molar-refractivity contribution in [1.29, 1.82) is 0 Å². The van der Waals surface area contributed by atoms with Crippen LogP contribution in [0.15, 0.2) is 24.3 Å². The molecular formula is C19H27N3O2. The van der Waals surface area contributed by atoms with Crippen molar-refractivity contribution in [3.8, 4) is 0 Å². The molecule has 2 N–H and O–H groups in total. The van der Waals surface area contributed by atoms with Crippen LogP contribution < -0.4 is 10.6 Å². The number of carbonyl (C=O) groups excluding carboxylic acids is 2. The third kappa shape index (κ3) is 4.57. The van der Waals surface area contributed by atoms with Crippen molar-refractivity contribution >= 4 is 17.5 Å². The summed E-state index contributed by atoms with van der Waals surface area (Å²) >= 11 is 0. The molecule has 0 aliphatic carbocycles. The molecule has 130 valence electrons. The van der Waals surface area contributed by atoms with Gasteiger partial charge in [-0.05, 0) is 69.3 Å². The number of hydrogen-bond donors (Lipinski definition) is 2. The van der Waals surface area contributed by atoms with Gasteiger partial charge in [-0.15, -0.1) is 0 Å². The molecule has 0 spiro atoms. The highest BCUT2D eigenvalue weighted by Crippen LogP contribution is 2.18. The Morgan fingerprint density at radius 3 is 2.79 bits per heavy atom. The highest BCUT2D eigenvalue weighted by atomic mass is 16.2. The lowest BCUT2D eigenvalue weighted by Gasteiger charge is -2.26. The molecule has 2 heterocycles. The van der Waals surface area contributed by atoms with Gasteiger partial charge in [0.25, 0.3) is 5.91 Å². The highest BCUT2D eigenvalue weighted by Gasteiger charge is 2.19. The Hall–Kier alpha value is -1.88. The van der Waals surface area contributed by atoms with E-state index in [9.17, 15) is 9.59 Å². The fourth-order valence-electron chi connectivity index (χ4n) is 3.53. The molecule has 2 fully saturated rings. The van der Waals surface area contributed by atoms with Gasteiger partial charge in [-0.2, -0.15) is 0 Å². The Bertz CT molecular complexity index is 576. The normalized spacial score (nSPS) is 20.8. The molecule has 0 radical (unpaired) electrons. The fourth-order valence-corrected chi connectivity index (χ4v) is 3.53. The van der Waals surface area contributed by atoms with Gasteiger partial charge in [0.1, 0.15) is 0 Å². The summed E-state index contributed by atoms with van der Waals surface area (Å²) in [5, 5.41) is 6.26. The predicted molar refractivity (Wildman–Crippen MR) is 95.0 cm³/mol. The number of rotatable bonds is 5. The summed E-state index contributed by atoms with van der Waals surface area (Å²) in [6.07, 6.45) is 5.99. The van der Waals surface area contributed by atoms with E-state index in [2.05, 4.69) is 10.6 Å². The van der Waals surface area contributed by atoms with Crippen LogP contribution in [-0.4, -0.2) is 42.9 Å². The van der Waals surface area contributed by atoms with Crippen molar-refractivity contribution in [1.82, 2.24) is 10.2 Å². The first-order chi connectivity index (χ1) is 11.7. The maximum atomic E-state index is 12.5. The van der Waals surface area contributed by atoms with Gasteiger partial charge >= 0.3 is 0 Å². The number of benzene rings is 1. The zero-order chi connectivity index (χ0) is 16.8. The van der Waals surface area contributed by atoms with Crippen LogP contribution in [0.2, 0.25) is 0 Å². The van der Waals surface area contributed by atoms with Crippen LogP contribution >= 0.6 is 0 Å². The average molecular weight is 329 g/mol. The van der Waals surface area contributed by atoms with Crippen LogP contribution in [0.1, 0.15) is 48.9 Å². The number of piperidine rings is 1. The van der Waals surface area contributed by atoms with Crippen molar-refractivity contribution in [2.24, 2.45) is 5.92 Å². The van der Waals surface area contributed by atoms with Crippen LogP contribution in [0.5, 0.6) is 0 Å². The highest BCUT2D eigenvalue weighted by molar-refractivity contribution is 5.97. The van der Waals surface area contributed by atoms with Gasteiger partial charge in [-0.25, -0.2) is 0 Å². The van der Waals surface area contributed by atoms with Gasteiger partial charge in [-0.3, -0.25) is 9.59 Å². The van der Waals surface area contributed by atoms with Gasteiger partial charge < -0.3 is 15.5 Å². The number of carbonyl (C=O) groups is 2. The van der Waals surface area contributed by atoms with E-state index in [0.717, 1.165) is 51.9 Å². The molecule has 2 aliphatic rings. The molecule has 3 rings (SSSR count). The zero-order valence-corrected chi connectivity index (χ0v) is 14.2. The number of amides is 2. The van der Waals surface area contributed by atoms with E-state index in [1.54, 1.807) is 6.07 Å². The summed E-state index contributed by atoms with van der Waals surface area (Å²) in [6, 6.07) is 7.32. The van der Waals surface area contributed by atoms with E-state index < -0.39 is 0 Å². The Balaban J connectivity index is 1.54. The smallest absolute Gasteiger partial charge is 0.253 e. The fraction of sp³-hybridized carbons (Fsp3) is 0.579. The summed E-state index contributed by atoms with van der Waals surface area (Å²) in [6.45, 7) is 3.76. The van der Waals surface area contributed by atoms with Crippen LogP contribution in [0.3, 0.4) is 0 Å². The third-order valence-electron chi connectivity index (χ3n) is 4.98. The van der Waals surface area contributed by atoms with Gasteiger partial charge in [0.05, 0.1) is 0 Å². The number of hydrogen-bond acceptors (Lipinski definition) is 3. The molecule has 5 nitrogen and oxygen atoms in total. The van der Waals surface area contributed by atoms with E-state index in [1.165, 1.54) is 6.42 Å². The number of nitrogens with one attached hydrogen (secondary N) is 2. The van der Waals surface area contributed by atoms with E-state index in [0.29, 0.717) is 23.6 Å². The molecule has 2 aliphatic heterocycles. The van der Waals surface area contributed by atoms with Crippen LogP contribution in [-0.2, 0) is 4.79 Å². The van der Waals surface area contributed by atoms with Crippen molar-refractivity contribution in [3.63, 3.8) is 0 Å². The quantitative estimate of drug-likeness (QED) is 0.873. The largest absolute Gasteiger partial charge is 0.339 e. The van der Waals surface area contributed by atoms with Crippen LogP contribution in [0, 0.1) is 5.92 Å². The molecule has 0 saturated carbocycles. The Kier molecular flexibility index (Phi) is 5.86. The molecule has 0 aromatic heterocycles. The maximum Gasteiger partial charge on any atom is 0.253 e. The first kappa shape index (κ1) is 17.0. The predicted octanol–water partition coefficient (Wildman–Crippen LogP) is 2.64. The standard InChI is InChI=1S/C19H27N3O2/c23-18(8-7-15-9-10-20-14-15)21-17-6-4-5-16(13-17)19(24)22-11-2-1-3-12-22/h4-6,13,15,20H,1-3,7-12,14H2,(H,21,23). The van der Waals surface area contributed by atoms with Crippen molar-refractivity contribution in [2.75, 3.05) is 31.5 Å². The lowest BCUT2D eigenvalue weighted by molar-refractivity contribution is -0.116. The van der Waals surface area contributed by atoms with E-state index in [4.69, 9.17) is 0 Å². The van der Waals surface area contributed by atoms with Crippen LogP contribution in [0.25, 0.3) is 0 Å². The Morgan fingerprint density at radius 1 is 1.21 bits per heavy atom. The summed E-state index contributed by atoms with van der Waals surface area (Å²) in [5.74, 6) is 0.718. The van der Waals surface area contributed by atoms with Gasteiger partial charge in [-0.1, -0.05) is 6.07 Å². The van der Waals surface area contributed by atoms with E-state index >= 15 is 0 Å². The van der Waals surface area contributed by atoms with Crippen molar-refractivity contribution in [2.45, 2.75) is 38.5 Å². The number of likely N-dealkylation sites (tertiary alicyclic amines) is 1. The zero-order valence-electron chi connectivity index (χ0n) is 14.2. The number of anilines is 1. The second-order valence-corrected chi connectivity index (χ2v) is 6.88. The summed E-state index contributed by atoms with van der Waals surface area (Å²) < 4.78 is 0. The summed E-state index contributed by atoms with van der Waals surface area (Å²) in [5.41, 5.74) is 1.38. The molecule has 1 aromatic rings. The monoisotopic (exact) mass is 329 g/mol. The third-order valence-corrected chi connectivity index (χ3v) is 4.98. The molecular weight excluding hydrogens is 302 g/mol. The minimum Gasteiger partial charge on any atom is -0.339 e. The Morgan fingerprint density at radius 2 is 2.04 bits per heavy atom. The van der Waals surface area contributed by atoms with Gasteiger partial charge in [0.2, 0.25) is 5.91 Å². The minimum absolute atomic E-state index is 0.0319. The first-order valence-electron chi connectivity index (χ1n) is 9.12. The lowest BCUT2D eigenvalue weighted by Crippen LogP contribution is -2.35. The molecule has 0 bridgehead atoms. The SMILES string of the molecule is O=C(CCC1CCNC1)Nc1cccc(C(=O)N2CCCCC2)c1.